The van der Waals surface area contributed by atoms with Gasteiger partial charge in [0.05, 0.1) is 17.2 Å². The van der Waals surface area contributed by atoms with Crippen LogP contribution < -0.4 is 15.8 Å². The molecule has 1 aromatic carbocycles. The number of nitrogens with zero attached hydrogens (tertiary/aromatic N) is 2. The van der Waals surface area contributed by atoms with E-state index in [9.17, 15) is 44.8 Å². The van der Waals surface area contributed by atoms with Gasteiger partial charge in [-0.05, 0) is 50.0 Å². The largest absolute Gasteiger partial charge is 0.619 e. The molecular weight excluding hydrogens is 536 g/mol. The number of aliphatic hydroxyl groups excluding tert-OH is 2. The first-order valence-corrected chi connectivity index (χ1v) is 12.7. The number of aliphatic hydroxyl groups is 3. The van der Waals surface area contributed by atoms with Crippen LogP contribution in [-0.4, -0.2) is 74.4 Å². The van der Waals surface area contributed by atoms with Crippen LogP contribution in [0.2, 0.25) is 0 Å². The molecule has 0 spiro atoms. The summed E-state index contributed by atoms with van der Waals surface area (Å²) in [7, 11) is 3.05. The van der Waals surface area contributed by atoms with Gasteiger partial charge in [0.15, 0.2) is 23.8 Å². The third kappa shape index (κ3) is 4.12. The van der Waals surface area contributed by atoms with E-state index in [4.69, 9.17) is 5.73 Å². The number of nitrogens with two attached hydrogens (primary N) is 1. The van der Waals surface area contributed by atoms with Crippen LogP contribution in [0.25, 0.3) is 5.76 Å². The number of primary amides is 1. The Bertz CT molecular complexity index is 1580. The average Bonchev–Trinajstić information content (AvgIpc) is 2.90. The third-order valence-electron chi connectivity index (χ3n) is 8.20. The predicted octanol–water partition coefficient (Wildman–Crippen LogP) is -0.473. The number of nitrogens with one attached hydrogen (secondary N) is 1. The van der Waals surface area contributed by atoms with Gasteiger partial charge in [-0.15, -0.1) is 0 Å². The van der Waals surface area contributed by atoms with Crippen LogP contribution in [0.4, 0.5) is 0 Å². The first-order valence-electron chi connectivity index (χ1n) is 12.7. The standard InChI is InChI=1S/C28H28N4O9/c1-31(2)21-16-10-14-9-15-13(11-30-27(39)12-5-7-32(41)8-6-12)3-4-17(33)19(15)22(34)18(14)24(36)28(16,40)25(37)20(23(21)35)26(29)38/h3-8,14,16,21,33-34,37,40H,9-11H2,1-2H3,(H2,29,38)(H,30,39)/t14-,16-,21-,28-/m0/s1. The van der Waals surface area contributed by atoms with Crippen LogP contribution in [0.3, 0.4) is 0 Å². The highest BCUT2D eigenvalue weighted by molar-refractivity contribution is 6.24. The van der Waals surface area contributed by atoms with Crippen molar-refractivity contribution < 1.29 is 44.3 Å². The molecule has 0 bridgehead atoms. The van der Waals surface area contributed by atoms with Gasteiger partial charge in [0.2, 0.25) is 5.78 Å². The molecule has 7 N–H and O–H groups in total. The highest BCUT2D eigenvalue weighted by Crippen LogP contribution is 2.52. The summed E-state index contributed by atoms with van der Waals surface area (Å²) >= 11 is 0. The molecule has 0 aliphatic heterocycles. The first-order chi connectivity index (χ1) is 19.3. The number of likely N-dealkylation sites (N-methyl/N-ethyl adjacent to an activating group) is 1. The van der Waals surface area contributed by atoms with Gasteiger partial charge < -0.3 is 36.7 Å². The molecule has 1 saturated carbocycles. The van der Waals surface area contributed by atoms with Crippen LogP contribution in [-0.2, 0) is 27.3 Å². The van der Waals surface area contributed by atoms with Gasteiger partial charge in [-0.2, -0.15) is 4.73 Å². The monoisotopic (exact) mass is 564 g/mol. The summed E-state index contributed by atoms with van der Waals surface area (Å²) in [6.07, 6.45) is 2.40. The molecule has 5 rings (SSSR count). The highest BCUT2D eigenvalue weighted by Gasteiger charge is 2.64. The quantitative estimate of drug-likeness (QED) is 0.156. The van der Waals surface area contributed by atoms with E-state index < -0.39 is 64.0 Å². The number of phenolic OH excluding ortho intramolecular Hbond substituents is 1. The molecule has 3 aliphatic carbocycles. The molecule has 1 heterocycles. The lowest BCUT2D eigenvalue weighted by atomic mass is 9.57. The van der Waals surface area contributed by atoms with Gasteiger partial charge in [-0.1, -0.05) is 6.07 Å². The fraction of sp³-hybridized carbons (Fsp3) is 0.321. The predicted molar refractivity (Wildman–Crippen MR) is 141 cm³/mol. The molecule has 41 heavy (non-hydrogen) atoms. The molecule has 2 amide bonds. The number of aromatic hydroxyl groups is 1. The van der Waals surface area contributed by atoms with Crippen molar-refractivity contribution in [3.05, 3.63) is 81.0 Å². The fourth-order valence-corrected chi connectivity index (χ4v) is 6.32. The number of phenols is 1. The molecule has 0 unspecified atom stereocenters. The number of carbonyl (C=O) groups excluding carboxylic acids is 4. The van der Waals surface area contributed by atoms with Crippen LogP contribution in [0, 0.1) is 17.0 Å². The topological polar surface area (TPSA) is 217 Å². The maximum absolute atomic E-state index is 13.9. The van der Waals surface area contributed by atoms with E-state index in [1.54, 1.807) is 6.07 Å². The first kappa shape index (κ1) is 27.8. The zero-order valence-corrected chi connectivity index (χ0v) is 22.1. The van der Waals surface area contributed by atoms with Crippen molar-refractivity contribution in [1.29, 1.82) is 0 Å². The van der Waals surface area contributed by atoms with Gasteiger partial charge >= 0.3 is 0 Å². The minimum Gasteiger partial charge on any atom is -0.619 e. The van der Waals surface area contributed by atoms with E-state index in [0.717, 1.165) is 0 Å². The van der Waals surface area contributed by atoms with Crippen LogP contribution in [0.5, 0.6) is 5.75 Å². The maximum Gasteiger partial charge on any atom is 0.255 e. The van der Waals surface area contributed by atoms with Crippen molar-refractivity contribution in [1.82, 2.24) is 10.2 Å². The van der Waals surface area contributed by atoms with Crippen molar-refractivity contribution in [2.75, 3.05) is 14.1 Å². The highest BCUT2D eigenvalue weighted by atomic mass is 16.5. The van der Waals surface area contributed by atoms with Crippen molar-refractivity contribution in [3.63, 3.8) is 0 Å². The summed E-state index contributed by atoms with van der Waals surface area (Å²) in [6, 6.07) is 4.36. The Hall–Kier alpha value is -4.75. The number of Topliss-reactive ketones (excluding diaryl/α,β-unsaturated/α-hetero) is 2. The number of carbonyl (C=O) groups is 4. The van der Waals surface area contributed by atoms with Crippen LogP contribution in [0.1, 0.15) is 33.5 Å². The Morgan fingerprint density at radius 2 is 1.80 bits per heavy atom. The third-order valence-corrected chi connectivity index (χ3v) is 8.20. The van der Waals surface area contributed by atoms with E-state index in [1.165, 1.54) is 49.6 Å². The smallest absolute Gasteiger partial charge is 0.255 e. The zero-order chi connectivity index (χ0) is 30.0. The van der Waals surface area contributed by atoms with Crippen LogP contribution >= 0.6 is 0 Å². The SMILES string of the molecule is CN(C)[C@@H]1C(=O)C(C(N)=O)=C(O)[C@@]2(O)C(=O)C3=C(O)c4c(O)ccc(CNC(=O)c5cc[n+]([O-])cc5)c4C[C@H]3C[C@@H]12. The van der Waals surface area contributed by atoms with Crippen molar-refractivity contribution in [2.45, 2.75) is 31.0 Å². The lowest BCUT2D eigenvalue weighted by molar-refractivity contribution is -0.605. The maximum atomic E-state index is 13.9. The summed E-state index contributed by atoms with van der Waals surface area (Å²) in [5.74, 6) is -7.77. The summed E-state index contributed by atoms with van der Waals surface area (Å²) in [6.45, 7) is -0.0192. The number of fused-ring (bicyclic) bond motifs is 3. The molecule has 214 valence electrons. The van der Waals surface area contributed by atoms with E-state index in [1.807, 2.05) is 0 Å². The summed E-state index contributed by atoms with van der Waals surface area (Å²) < 4.78 is 0.539. The lowest BCUT2D eigenvalue weighted by Gasteiger charge is -2.50. The lowest BCUT2D eigenvalue weighted by Crippen LogP contribution is -2.65. The second kappa shape index (κ2) is 9.71. The van der Waals surface area contributed by atoms with E-state index in [-0.39, 0.29) is 41.8 Å². The van der Waals surface area contributed by atoms with Crippen LogP contribution in [0.15, 0.2) is 53.6 Å². The minimum atomic E-state index is -2.72. The number of aromatic nitrogens is 1. The van der Waals surface area contributed by atoms with Gasteiger partial charge in [-0.25, -0.2) is 0 Å². The fourth-order valence-electron chi connectivity index (χ4n) is 6.32. The van der Waals surface area contributed by atoms with Crippen molar-refractivity contribution >= 4 is 29.1 Å². The molecule has 0 radical (unpaired) electrons. The Labute approximate surface area is 233 Å². The van der Waals surface area contributed by atoms with Gasteiger partial charge in [-0.3, -0.25) is 24.1 Å². The second-order valence-corrected chi connectivity index (χ2v) is 10.7. The number of pyridine rings is 1. The molecule has 4 atom stereocenters. The average molecular weight is 565 g/mol. The number of amides is 2. The van der Waals surface area contributed by atoms with Gasteiger partial charge in [0.1, 0.15) is 22.8 Å². The molecule has 13 heteroatoms. The molecular formula is C28H28N4O9. The molecule has 1 fully saturated rings. The molecule has 1 aromatic heterocycles. The molecule has 3 aliphatic rings. The minimum absolute atomic E-state index is 0.0192. The summed E-state index contributed by atoms with van der Waals surface area (Å²) in [5.41, 5.74) is 2.62. The zero-order valence-electron chi connectivity index (χ0n) is 22.1. The number of benzene rings is 1. The van der Waals surface area contributed by atoms with Crippen molar-refractivity contribution in [2.24, 2.45) is 17.6 Å². The number of hydrogen-bond acceptors (Lipinski definition) is 10. The number of hydrogen-bond donors (Lipinski definition) is 6. The van der Waals surface area contributed by atoms with Gasteiger partial charge in [0, 0.05) is 30.2 Å². The molecule has 2 aromatic rings. The Morgan fingerprint density at radius 1 is 1.15 bits per heavy atom. The Morgan fingerprint density at radius 3 is 2.41 bits per heavy atom. The number of ketones is 2. The van der Waals surface area contributed by atoms with Crippen molar-refractivity contribution in [3.8, 4) is 5.75 Å². The Balaban J connectivity index is 1.57. The van der Waals surface area contributed by atoms with Gasteiger partial charge in [0.25, 0.3) is 11.8 Å². The normalized spacial score (nSPS) is 25.5. The van der Waals surface area contributed by atoms with E-state index >= 15 is 0 Å². The molecule has 13 nitrogen and oxygen atoms in total. The van der Waals surface area contributed by atoms with E-state index in [0.29, 0.717) is 15.9 Å². The molecule has 0 saturated heterocycles. The second-order valence-electron chi connectivity index (χ2n) is 10.7. The summed E-state index contributed by atoms with van der Waals surface area (Å²) in [5, 5.41) is 58.5. The number of rotatable bonds is 5. The van der Waals surface area contributed by atoms with E-state index in [2.05, 4.69) is 5.32 Å². The summed E-state index contributed by atoms with van der Waals surface area (Å²) in [4.78, 5) is 53.2. The Kier molecular flexibility index (Phi) is 6.59.